The molecule has 1 atom stereocenters. The molecule has 1 rings (SSSR count). The van der Waals surface area contributed by atoms with Crippen molar-refractivity contribution >= 4 is 12.4 Å². The molecule has 0 saturated carbocycles. The Kier molecular flexibility index (Phi) is 5.15. The summed E-state index contributed by atoms with van der Waals surface area (Å²) < 4.78 is 5.20. The van der Waals surface area contributed by atoms with E-state index in [2.05, 4.69) is 12.2 Å². The van der Waals surface area contributed by atoms with Crippen molar-refractivity contribution in [3.05, 3.63) is 0 Å². The van der Waals surface area contributed by atoms with Crippen LogP contribution in [0, 0.1) is 0 Å². The van der Waals surface area contributed by atoms with E-state index in [1.807, 2.05) is 0 Å². The summed E-state index contributed by atoms with van der Waals surface area (Å²) in [6.45, 7) is 5.01. The summed E-state index contributed by atoms with van der Waals surface area (Å²) in [5, 5.41) is 3.32. The van der Waals surface area contributed by atoms with Crippen LogP contribution in [0.25, 0.3) is 0 Å². The van der Waals surface area contributed by atoms with E-state index in [1.54, 1.807) is 0 Å². The molecule has 0 aromatic heterocycles. The van der Waals surface area contributed by atoms with Gasteiger partial charge >= 0.3 is 0 Å². The van der Waals surface area contributed by atoms with Crippen molar-refractivity contribution in [1.29, 1.82) is 0 Å². The highest BCUT2D eigenvalue weighted by Gasteiger charge is 2.03. The van der Waals surface area contributed by atoms with Crippen molar-refractivity contribution in [2.75, 3.05) is 19.8 Å². The number of ether oxygens (including phenoxy) is 1. The monoisotopic (exact) mass is 151 g/mol. The van der Waals surface area contributed by atoms with E-state index in [0.29, 0.717) is 6.04 Å². The molecule has 0 amide bonds. The predicted molar refractivity (Wildman–Crippen MR) is 40.1 cm³/mol. The molecule has 1 N–H and O–H groups in total. The average Bonchev–Trinajstić information content (AvgIpc) is 1.94. The molecular formula is C6H14ClNO. The topological polar surface area (TPSA) is 21.3 Å². The normalized spacial score (nSPS) is 28.3. The zero-order valence-corrected chi connectivity index (χ0v) is 6.54. The van der Waals surface area contributed by atoms with Crippen LogP contribution in [0.4, 0.5) is 0 Å². The molecule has 1 fully saturated rings. The zero-order chi connectivity index (χ0) is 5.82. The van der Waals surface area contributed by atoms with Crippen LogP contribution in [-0.2, 0) is 4.74 Å². The Labute approximate surface area is 62.4 Å². The minimum absolute atomic E-state index is 0. The number of halogens is 1. The summed E-state index contributed by atoms with van der Waals surface area (Å²) in [6.07, 6.45) is 1.15. The van der Waals surface area contributed by atoms with Crippen LogP contribution < -0.4 is 5.32 Å². The van der Waals surface area contributed by atoms with Gasteiger partial charge in [-0.15, -0.1) is 12.4 Å². The van der Waals surface area contributed by atoms with Crippen LogP contribution >= 0.6 is 12.4 Å². The molecule has 0 spiro atoms. The average molecular weight is 152 g/mol. The largest absolute Gasteiger partial charge is 0.380 e. The highest BCUT2D eigenvalue weighted by molar-refractivity contribution is 5.85. The molecule has 9 heavy (non-hydrogen) atoms. The van der Waals surface area contributed by atoms with Crippen LogP contribution in [-0.4, -0.2) is 25.8 Å². The van der Waals surface area contributed by atoms with Crippen molar-refractivity contribution in [3.8, 4) is 0 Å². The first kappa shape index (κ1) is 9.21. The van der Waals surface area contributed by atoms with Gasteiger partial charge in [0, 0.05) is 19.2 Å². The summed E-state index contributed by atoms with van der Waals surface area (Å²) in [7, 11) is 0. The molecule has 0 bridgehead atoms. The van der Waals surface area contributed by atoms with Gasteiger partial charge in [0.05, 0.1) is 6.61 Å². The third-order valence-corrected chi connectivity index (χ3v) is 1.43. The molecule has 0 radical (unpaired) electrons. The fourth-order valence-corrected chi connectivity index (χ4v) is 0.842. The van der Waals surface area contributed by atoms with Gasteiger partial charge in [-0.05, 0) is 13.3 Å². The Morgan fingerprint density at radius 1 is 1.44 bits per heavy atom. The van der Waals surface area contributed by atoms with E-state index in [-0.39, 0.29) is 12.4 Å². The fourth-order valence-electron chi connectivity index (χ4n) is 0.842. The Balaban J connectivity index is 0.000000640. The SMILES string of the molecule is C[C@H]1CCOCCN1.Cl. The summed E-state index contributed by atoms with van der Waals surface area (Å²) in [4.78, 5) is 0. The highest BCUT2D eigenvalue weighted by Crippen LogP contribution is 1.94. The van der Waals surface area contributed by atoms with E-state index >= 15 is 0 Å². The van der Waals surface area contributed by atoms with Gasteiger partial charge in [0.15, 0.2) is 0 Å². The summed E-state index contributed by atoms with van der Waals surface area (Å²) in [6, 6.07) is 0.650. The Hall–Kier alpha value is 0.210. The van der Waals surface area contributed by atoms with Crippen LogP contribution in [0.1, 0.15) is 13.3 Å². The van der Waals surface area contributed by atoms with Crippen LogP contribution in [0.2, 0.25) is 0 Å². The van der Waals surface area contributed by atoms with Gasteiger partial charge in [0.25, 0.3) is 0 Å². The smallest absolute Gasteiger partial charge is 0.0591 e. The van der Waals surface area contributed by atoms with Gasteiger partial charge in [-0.1, -0.05) is 0 Å². The van der Waals surface area contributed by atoms with E-state index < -0.39 is 0 Å². The van der Waals surface area contributed by atoms with Crippen molar-refractivity contribution in [2.45, 2.75) is 19.4 Å². The lowest BCUT2D eigenvalue weighted by atomic mass is 10.2. The minimum Gasteiger partial charge on any atom is -0.380 e. The summed E-state index contributed by atoms with van der Waals surface area (Å²) >= 11 is 0. The second-order valence-electron chi connectivity index (χ2n) is 2.26. The second-order valence-corrected chi connectivity index (χ2v) is 2.26. The van der Waals surface area contributed by atoms with Crippen LogP contribution in [0.5, 0.6) is 0 Å². The van der Waals surface area contributed by atoms with Crippen molar-refractivity contribution < 1.29 is 4.74 Å². The lowest BCUT2D eigenvalue weighted by Crippen LogP contribution is -2.25. The fraction of sp³-hybridized carbons (Fsp3) is 1.00. The Bertz CT molecular complexity index is 62.1. The third kappa shape index (κ3) is 3.73. The molecule has 1 aliphatic heterocycles. The van der Waals surface area contributed by atoms with Crippen LogP contribution in [0.3, 0.4) is 0 Å². The molecule has 56 valence electrons. The Morgan fingerprint density at radius 3 is 3.00 bits per heavy atom. The van der Waals surface area contributed by atoms with E-state index in [4.69, 9.17) is 4.74 Å². The van der Waals surface area contributed by atoms with Crippen molar-refractivity contribution in [3.63, 3.8) is 0 Å². The van der Waals surface area contributed by atoms with Crippen molar-refractivity contribution in [1.82, 2.24) is 5.32 Å². The lowest BCUT2D eigenvalue weighted by molar-refractivity contribution is 0.150. The summed E-state index contributed by atoms with van der Waals surface area (Å²) in [5.74, 6) is 0. The van der Waals surface area contributed by atoms with Gasteiger partial charge in [0.2, 0.25) is 0 Å². The number of hydrogen-bond donors (Lipinski definition) is 1. The maximum Gasteiger partial charge on any atom is 0.0591 e. The number of hydrogen-bond acceptors (Lipinski definition) is 2. The minimum atomic E-state index is 0. The molecule has 0 aromatic carbocycles. The molecule has 0 aromatic rings. The van der Waals surface area contributed by atoms with Gasteiger partial charge < -0.3 is 10.1 Å². The first-order valence-corrected chi connectivity index (χ1v) is 3.21. The molecule has 1 heterocycles. The van der Waals surface area contributed by atoms with Gasteiger partial charge in [0.1, 0.15) is 0 Å². The van der Waals surface area contributed by atoms with E-state index in [1.165, 1.54) is 0 Å². The lowest BCUT2D eigenvalue weighted by Gasteiger charge is -2.05. The Morgan fingerprint density at radius 2 is 2.22 bits per heavy atom. The quantitative estimate of drug-likeness (QED) is 0.553. The van der Waals surface area contributed by atoms with Gasteiger partial charge in [-0.25, -0.2) is 0 Å². The zero-order valence-electron chi connectivity index (χ0n) is 5.72. The predicted octanol–water partition coefficient (Wildman–Crippen LogP) is 0.807. The standard InChI is InChI=1S/C6H13NO.ClH/c1-6-2-4-8-5-3-7-6;/h6-7H,2-5H2,1H3;1H/t6-;/m0./s1. The third-order valence-electron chi connectivity index (χ3n) is 1.43. The second kappa shape index (κ2) is 5.03. The molecule has 1 aliphatic rings. The van der Waals surface area contributed by atoms with Crippen molar-refractivity contribution in [2.24, 2.45) is 0 Å². The molecule has 1 saturated heterocycles. The molecule has 3 heteroatoms. The molecule has 2 nitrogen and oxygen atoms in total. The summed E-state index contributed by atoms with van der Waals surface area (Å²) in [5.41, 5.74) is 0. The van der Waals surface area contributed by atoms with Gasteiger partial charge in [-0.2, -0.15) is 0 Å². The van der Waals surface area contributed by atoms with Crippen LogP contribution in [0.15, 0.2) is 0 Å². The first-order valence-electron chi connectivity index (χ1n) is 3.21. The van der Waals surface area contributed by atoms with E-state index in [9.17, 15) is 0 Å². The maximum absolute atomic E-state index is 5.20. The first-order chi connectivity index (χ1) is 3.89. The highest BCUT2D eigenvalue weighted by atomic mass is 35.5. The number of rotatable bonds is 0. The molecular weight excluding hydrogens is 138 g/mol. The molecule has 0 aliphatic carbocycles. The molecule has 0 unspecified atom stereocenters. The van der Waals surface area contributed by atoms with Gasteiger partial charge in [-0.3, -0.25) is 0 Å². The maximum atomic E-state index is 5.20. The number of nitrogens with one attached hydrogen (secondary N) is 1. The van der Waals surface area contributed by atoms with E-state index in [0.717, 1.165) is 26.2 Å².